The Balaban J connectivity index is 2.10. The van der Waals surface area contributed by atoms with E-state index in [1.807, 2.05) is 12.1 Å². The predicted octanol–water partition coefficient (Wildman–Crippen LogP) is 1.47. The molecule has 0 unspecified atom stereocenters. The van der Waals surface area contributed by atoms with Crippen LogP contribution < -0.4 is 16.6 Å². The highest BCUT2D eigenvalue weighted by Crippen LogP contribution is 2.11. The second-order valence-corrected chi connectivity index (χ2v) is 5.18. The van der Waals surface area contributed by atoms with Crippen molar-refractivity contribution in [3.8, 4) is 0 Å². The Morgan fingerprint density at radius 3 is 2.52 bits per heavy atom. The first kappa shape index (κ1) is 14.9. The lowest BCUT2D eigenvalue weighted by molar-refractivity contribution is 0.102. The number of hydrogen-bond acceptors (Lipinski definition) is 3. The van der Waals surface area contributed by atoms with Crippen molar-refractivity contribution in [1.82, 2.24) is 4.57 Å². The Morgan fingerprint density at radius 2 is 1.95 bits per heavy atom. The van der Waals surface area contributed by atoms with Crippen LogP contribution in [0.1, 0.15) is 15.9 Å². The van der Waals surface area contributed by atoms with Gasteiger partial charge in [0.25, 0.3) is 11.5 Å². The molecule has 0 saturated carbocycles. The fraction of sp³-hybridized carbons (Fsp3) is 0.133. The van der Waals surface area contributed by atoms with Crippen molar-refractivity contribution in [3.63, 3.8) is 0 Å². The van der Waals surface area contributed by atoms with E-state index >= 15 is 0 Å². The standard InChI is InChI=1S/C15H15N3O2S/c1-18-7-6-11(9-14(18)19)15(20)17-12-4-2-10(3-5-12)8-13(16)21/h2-7,9H,8H2,1H3,(H2,16,21)(H,17,20). The molecule has 108 valence electrons. The summed E-state index contributed by atoms with van der Waals surface area (Å²) in [6.45, 7) is 0. The van der Waals surface area contributed by atoms with Crippen molar-refractivity contribution in [2.75, 3.05) is 5.32 Å². The number of nitrogens with zero attached hydrogens (tertiary/aromatic N) is 1. The molecule has 0 fully saturated rings. The number of nitrogens with two attached hydrogens (primary N) is 1. The zero-order valence-corrected chi connectivity index (χ0v) is 12.3. The molecular weight excluding hydrogens is 286 g/mol. The van der Waals surface area contributed by atoms with Crippen LogP contribution in [0.3, 0.4) is 0 Å². The molecule has 3 N–H and O–H groups in total. The molecule has 1 amide bonds. The van der Waals surface area contributed by atoms with E-state index in [1.54, 1.807) is 31.4 Å². The summed E-state index contributed by atoms with van der Waals surface area (Å²) in [5, 5.41) is 2.73. The number of aromatic nitrogens is 1. The average molecular weight is 301 g/mol. The van der Waals surface area contributed by atoms with Gasteiger partial charge in [0, 0.05) is 37.0 Å². The van der Waals surface area contributed by atoms with Crippen LogP contribution >= 0.6 is 12.2 Å². The van der Waals surface area contributed by atoms with Crippen LogP contribution in [-0.2, 0) is 13.5 Å². The van der Waals surface area contributed by atoms with E-state index in [0.717, 1.165) is 5.56 Å². The maximum atomic E-state index is 12.0. The number of amides is 1. The summed E-state index contributed by atoms with van der Waals surface area (Å²) >= 11 is 4.84. The van der Waals surface area contributed by atoms with Gasteiger partial charge in [0.2, 0.25) is 0 Å². The monoisotopic (exact) mass is 301 g/mol. The van der Waals surface area contributed by atoms with Gasteiger partial charge in [-0.25, -0.2) is 0 Å². The topological polar surface area (TPSA) is 77.1 Å². The molecule has 1 aromatic carbocycles. The fourth-order valence-electron chi connectivity index (χ4n) is 1.80. The maximum absolute atomic E-state index is 12.0. The van der Waals surface area contributed by atoms with E-state index in [2.05, 4.69) is 5.32 Å². The van der Waals surface area contributed by atoms with Crippen LogP contribution in [0.5, 0.6) is 0 Å². The summed E-state index contributed by atoms with van der Waals surface area (Å²) in [7, 11) is 1.63. The second-order valence-electron chi connectivity index (χ2n) is 4.66. The molecule has 0 saturated heterocycles. The van der Waals surface area contributed by atoms with Crippen LogP contribution in [0.2, 0.25) is 0 Å². The molecular formula is C15H15N3O2S. The molecule has 5 nitrogen and oxygen atoms in total. The number of benzene rings is 1. The molecule has 0 radical (unpaired) electrons. The van der Waals surface area contributed by atoms with Crippen LogP contribution in [0.25, 0.3) is 0 Å². The van der Waals surface area contributed by atoms with Crippen molar-refractivity contribution in [2.45, 2.75) is 6.42 Å². The smallest absolute Gasteiger partial charge is 0.255 e. The molecule has 1 heterocycles. The SMILES string of the molecule is Cn1ccc(C(=O)Nc2ccc(CC(N)=S)cc2)cc1=O. The van der Waals surface area contributed by atoms with Crippen LogP contribution in [-0.4, -0.2) is 15.5 Å². The van der Waals surface area contributed by atoms with Gasteiger partial charge in [0.05, 0.1) is 4.99 Å². The van der Waals surface area contributed by atoms with Crippen molar-refractivity contribution in [2.24, 2.45) is 12.8 Å². The summed E-state index contributed by atoms with van der Waals surface area (Å²) in [6, 6.07) is 10.1. The molecule has 0 atom stereocenters. The Labute approximate surface area is 127 Å². The summed E-state index contributed by atoms with van der Waals surface area (Å²) in [4.78, 5) is 24.0. The number of anilines is 1. The molecule has 6 heteroatoms. The second kappa shape index (κ2) is 6.32. The van der Waals surface area contributed by atoms with Crippen molar-refractivity contribution < 1.29 is 4.79 Å². The van der Waals surface area contributed by atoms with Gasteiger partial charge in [0.1, 0.15) is 0 Å². The quantitative estimate of drug-likeness (QED) is 0.838. The van der Waals surface area contributed by atoms with Crippen LogP contribution in [0.4, 0.5) is 5.69 Å². The van der Waals surface area contributed by atoms with E-state index in [1.165, 1.54) is 10.6 Å². The summed E-state index contributed by atoms with van der Waals surface area (Å²) in [6.07, 6.45) is 2.08. The van der Waals surface area contributed by atoms with Crippen LogP contribution in [0, 0.1) is 0 Å². The molecule has 2 rings (SSSR count). The lowest BCUT2D eigenvalue weighted by Gasteiger charge is -2.07. The van der Waals surface area contributed by atoms with Gasteiger partial charge < -0.3 is 15.6 Å². The first-order chi connectivity index (χ1) is 9.95. The van der Waals surface area contributed by atoms with Gasteiger partial charge in [0.15, 0.2) is 0 Å². The van der Waals surface area contributed by atoms with Crippen molar-refractivity contribution in [3.05, 3.63) is 64.1 Å². The number of rotatable bonds is 4. The number of pyridine rings is 1. The minimum absolute atomic E-state index is 0.227. The van der Waals surface area contributed by atoms with Crippen LogP contribution in [0.15, 0.2) is 47.4 Å². The highest BCUT2D eigenvalue weighted by molar-refractivity contribution is 7.80. The lowest BCUT2D eigenvalue weighted by atomic mass is 10.1. The fourth-order valence-corrected chi connectivity index (χ4v) is 1.97. The van der Waals surface area contributed by atoms with Gasteiger partial charge >= 0.3 is 0 Å². The van der Waals surface area contributed by atoms with E-state index in [4.69, 9.17) is 18.0 Å². The van der Waals surface area contributed by atoms with Gasteiger partial charge in [-0.15, -0.1) is 0 Å². The van der Waals surface area contributed by atoms with Crippen molar-refractivity contribution in [1.29, 1.82) is 0 Å². The van der Waals surface area contributed by atoms with Gasteiger partial charge in [-0.1, -0.05) is 24.4 Å². The molecule has 0 aliphatic heterocycles. The molecule has 1 aromatic heterocycles. The summed E-state index contributed by atoms with van der Waals surface area (Å²) in [5.74, 6) is -0.324. The maximum Gasteiger partial charge on any atom is 0.255 e. The Bertz CT molecular complexity index is 735. The molecule has 0 bridgehead atoms. The molecule has 21 heavy (non-hydrogen) atoms. The lowest BCUT2D eigenvalue weighted by Crippen LogP contribution is -2.20. The van der Waals surface area contributed by atoms with E-state index < -0.39 is 0 Å². The number of nitrogens with one attached hydrogen (secondary N) is 1. The normalized spacial score (nSPS) is 10.1. The minimum Gasteiger partial charge on any atom is -0.393 e. The number of thiocarbonyl (C=S) groups is 1. The van der Waals surface area contributed by atoms with E-state index in [9.17, 15) is 9.59 Å². The first-order valence-electron chi connectivity index (χ1n) is 6.31. The average Bonchev–Trinajstić information content (AvgIpc) is 2.43. The third kappa shape index (κ3) is 4.00. The molecule has 2 aromatic rings. The third-order valence-electron chi connectivity index (χ3n) is 2.96. The van der Waals surface area contributed by atoms with Gasteiger partial charge in [-0.05, 0) is 23.8 Å². The Kier molecular flexibility index (Phi) is 4.49. The number of hydrogen-bond donors (Lipinski definition) is 2. The minimum atomic E-state index is -0.324. The molecule has 0 aliphatic rings. The van der Waals surface area contributed by atoms with E-state index in [0.29, 0.717) is 22.7 Å². The number of carbonyl (C=O) groups excluding carboxylic acids is 1. The third-order valence-corrected chi connectivity index (χ3v) is 3.10. The van der Waals surface area contributed by atoms with Gasteiger partial charge in [-0.3, -0.25) is 9.59 Å². The summed E-state index contributed by atoms with van der Waals surface area (Å²) in [5.41, 5.74) is 7.20. The molecule has 0 spiro atoms. The zero-order chi connectivity index (χ0) is 15.4. The van der Waals surface area contributed by atoms with Gasteiger partial charge in [-0.2, -0.15) is 0 Å². The zero-order valence-electron chi connectivity index (χ0n) is 11.5. The first-order valence-corrected chi connectivity index (χ1v) is 6.72. The van der Waals surface area contributed by atoms with Crippen molar-refractivity contribution >= 4 is 28.8 Å². The summed E-state index contributed by atoms with van der Waals surface area (Å²) < 4.78 is 1.40. The number of aryl methyl sites for hydroxylation is 1. The Hall–Kier alpha value is -2.47. The largest absolute Gasteiger partial charge is 0.393 e. The predicted molar refractivity (Wildman–Crippen MR) is 86.6 cm³/mol. The highest BCUT2D eigenvalue weighted by atomic mass is 32.1. The number of carbonyl (C=O) groups is 1. The van der Waals surface area contributed by atoms with E-state index in [-0.39, 0.29) is 11.5 Å². The highest BCUT2D eigenvalue weighted by Gasteiger charge is 2.07. The molecule has 0 aliphatic carbocycles. The Morgan fingerprint density at radius 1 is 1.29 bits per heavy atom.